The van der Waals surface area contributed by atoms with Crippen molar-refractivity contribution < 1.29 is 14.3 Å². The van der Waals surface area contributed by atoms with Crippen LogP contribution < -0.4 is 15.8 Å². The van der Waals surface area contributed by atoms with Crippen molar-refractivity contribution in [1.29, 1.82) is 0 Å². The maximum Gasteiger partial charge on any atom is 0.260 e. The summed E-state index contributed by atoms with van der Waals surface area (Å²) < 4.78 is 5.46. The number of para-hydroxylation sites is 1. The van der Waals surface area contributed by atoms with Crippen LogP contribution in [0.3, 0.4) is 0 Å². The number of amides is 2. The van der Waals surface area contributed by atoms with Gasteiger partial charge in [0, 0.05) is 32.1 Å². The standard InChI is InChI=1S/C16H23N3O3.ClH/c17-8-9-18-16(21)13-6-10-19(11-7-13)15(20)12-22-14-4-2-1-3-5-14;/h1-5,13H,6-12,17H2,(H,18,21);1H. The Hall–Kier alpha value is -1.79. The highest BCUT2D eigenvalue weighted by Crippen LogP contribution is 2.17. The number of halogens is 1. The molecule has 0 bridgehead atoms. The number of rotatable bonds is 6. The van der Waals surface area contributed by atoms with E-state index in [1.165, 1.54) is 0 Å². The van der Waals surface area contributed by atoms with Crippen molar-refractivity contribution in [3.05, 3.63) is 30.3 Å². The minimum Gasteiger partial charge on any atom is -0.484 e. The third-order valence-electron chi connectivity index (χ3n) is 3.77. The number of ether oxygens (including phenoxy) is 1. The summed E-state index contributed by atoms with van der Waals surface area (Å²) in [5.74, 6) is 0.667. The Balaban J connectivity index is 0.00000264. The molecule has 3 N–H and O–H groups in total. The van der Waals surface area contributed by atoms with Crippen molar-refractivity contribution in [3.8, 4) is 5.75 Å². The minimum atomic E-state index is -0.0373. The minimum absolute atomic E-state index is 0. The first-order valence-corrected chi connectivity index (χ1v) is 7.64. The van der Waals surface area contributed by atoms with Gasteiger partial charge >= 0.3 is 0 Å². The molecule has 1 heterocycles. The predicted molar refractivity (Wildman–Crippen MR) is 90.6 cm³/mol. The monoisotopic (exact) mass is 341 g/mol. The van der Waals surface area contributed by atoms with Crippen LogP contribution in [0.5, 0.6) is 5.75 Å². The molecule has 0 unspecified atom stereocenters. The van der Waals surface area contributed by atoms with Crippen LogP contribution in [-0.4, -0.2) is 49.5 Å². The molecule has 23 heavy (non-hydrogen) atoms. The van der Waals surface area contributed by atoms with Crippen LogP contribution in [0.15, 0.2) is 30.3 Å². The summed E-state index contributed by atoms with van der Waals surface area (Å²) in [5.41, 5.74) is 5.37. The van der Waals surface area contributed by atoms with Gasteiger partial charge in [-0.1, -0.05) is 18.2 Å². The zero-order chi connectivity index (χ0) is 15.8. The molecule has 1 fully saturated rings. The number of likely N-dealkylation sites (tertiary alicyclic amines) is 1. The number of carbonyl (C=O) groups excluding carboxylic acids is 2. The topological polar surface area (TPSA) is 84.7 Å². The number of hydrogen-bond acceptors (Lipinski definition) is 4. The molecular weight excluding hydrogens is 318 g/mol. The Bertz CT molecular complexity index is 491. The van der Waals surface area contributed by atoms with Crippen molar-refractivity contribution in [1.82, 2.24) is 10.2 Å². The normalized spacial score (nSPS) is 14.7. The smallest absolute Gasteiger partial charge is 0.260 e. The van der Waals surface area contributed by atoms with Gasteiger partial charge in [0.15, 0.2) is 6.61 Å². The van der Waals surface area contributed by atoms with Crippen molar-refractivity contribution in [2.24, 2.45) is 11.7 Å². The zero-order valence-corrected chi connectivity index (χ0v) is 13.9. The highest BCUT2D eigenvalue weighted by Gasteiger charge is 2.27. The van der Waals surface area contributed by atoms with Gasteiger partial charge in [0.25, 0.3) is 5.91 Å². The third kappa shape index (κ3) is 6.08. The Morgan fingerprint density at radius 2 is 1.87 bits per heavy atom. The van der Waals surface area contributed by atoms with E-state index in [0.717, 1.165) is 0 Å². The summed E-state index contributed by atoms with van der Waals surface area (Å²) in [6.45, 7) is 2.17. The van der Waals surface area contributed by atoms with Gasteiger partial charge in [0.1, 0.15) is 5.75 Å². The van der Waals surface area contributed by atoms with E-state index >= 15 is 0 Å². The Labute approximate surface area is 142 Å². The lowest BCUT2D eigenvalue weighted by molar-refractivity contribution is -0.137. The van der Waals surface area contributed by atoms with E-state index in [-0.39, 0.29) is 36.7 Å². The lowest BCUT2D eigenvalue weighted by Gasteiger charge is -2.31. The largest absolute Gasteiger partial charge is 0.484 e. The van der Waals surface area contributed by atoms with E-state index in [2.05, 4.69) is 5.32 Å². The van der Waals surface area contributed by atoms with Gasteiger partial charge in [-0.15, -0.1) is 12.4 Å². The third-order valence-corrected chi connectivity index (χ3v) is 3.77. The second-order valence-corrected chi connectivity index (χ2v) is 5.34. The Morgan fingerprint density at radius 3 is 2.48 bits per heavy atom. The van der Waals surface area contributed by atoms with Gasteiger partial charge in [-0.25, -0.2) is 0 Å². The molecule has 1 aromatic rings. The lowest BCUT2D eigenvalue weighted by Crippen LogP contribution is -2.45. The first-order chi connectivity index (χ1) is 10.7. The molecule has 1 aromatic carbocycles. The molecule has 7 heteroatoms. The number of nitrogens with two attached hydrogens (primary N) is 1. The van der Waals surface area contributed by atoms with Crippen molar-refractivity contribution in [3.63, 3.8) is 0 Å². The number of nitrogens with one attached hydrogen (secondary N) is 1. The number of piperidine rings is 1. The molecule has 0 aromatic heterocycles. The van der Waals surface area contributed by atoms with Crippen molar-refractivity contribution >= 4 is 24.2 Å². The van der Waals surface area contributed by atoms with Crippen LogP contribution in [0.25, 0.3) is 0 Å². The molecule has 1 aliphatic heterocycles. The van der Waals surface area contributed by atoms with E-state index in [1.54, 1.807) is 4.90 Å². The maximum absolute atomic E-state index is 12.1. The van der Waals surface area contributed by atoms with Gasteiger partial charge in [-0.2, -0.15) is 0 Å². The highest BCUT2D eigenvalue weighted by atomic mass is 35.5. The van der Waals surface area contributed by atoms with Gasteiger partial charge in [-0.3, -0.25) is 9.59 Å². The summed E-state index contributed by atoms with van der Waals surface area (Å²) in [6.07, 6.45) is 1.38. The molecule has 6 nitrogen and oxygen atoms in total. The molecule has 1 aliphatic rings. The molecule has 0 saturated carbocycles. The van der Waals surface area contributed by atoms with E-state index in [4.69, 9.17) is 10.5 Å². The van der Waals surface area contributed by atoms with Crippen LogP contribution in [0.1, 0.15) is 12.8 Å². The number of hydrogen-bond donors (Lipinski definition) is 2. The maximum atomic E-state index is 12.1. The summed E-state index contributed by atoms with van der Waals surface area (Å²) in [7, 11) is 0. The average Bonchev–Trinajstić information content (AvgIpc) is 2.58. The summed E-state index contributed by atoms with van der Waals surface area (Å²) in [6, 6.07) is 9.27. The summed E-state index contributed by atoms with van der Waals surface area (Å²) in [5, 5.41) is 2.80. The number of benzene rings is 1. The van der Waals surface area contributed by atoms with Crippen LogP contribution in [0, 0.1) is 5.92 Å². The molecule has 1 saturated heterocycles. The van der Waals surface area contributed by atoms with Crippen LogP contribution >= 0.6 is 12.4 Å². The van der Waals surface area contributed by atoms with E-state index in [0.29, 0.717) is 44.8 Å². The zero-order valence-electron chi connectivity index (χ0n) is 13.1. The Kier molecular flexibility index (Phi) is 8.43. The lowest BCUT2D eigenvalue weighted by atomic mass is 9.96. The van der Waals surface area contributed by atoms with Crippen LogP contribution in [-0.2, 0) is 9.59 Å². The molecule has 0 aliphatic carbocycles. The van der Waals surface area contributed by atoms with Crippen LogP contribution in [0.4, 0.5) is 0 Å². The molecule has 0 atom stereocenters. The van der Waals surface area contributed by atoms with E-state index in [1.807, 2.05) is 30.3 Å². The van der Waals surface area contributed by atoms with Crippen molar-refractivity contribution in [2.75, 3.05) is 32.8 Å². The Morgan fingerprint density at radius 1 is 1.22 bits per heavy atom. The summed E-state index contributed by atoms with van der Waals surface area (Å²) >= 11 is 0. The molecule has 0 radical (unpaired) electrons. The molecular formula is C16H24ClN3O3. The van der Waals surface area contributed by atoms with Crippen LogP contribution in [0.2, 0.25) is 0 Å². The predicted octanol–water partition coefficient (Wildman–Crippen LogP) is 0.801. The second kappa shape index (κ2) is 10.1. The van der Waals surface area contributed by atoms with Crippen molar-refractivity contribution in [2.45, 2.75) is 12.8 Å². The fourth-order valence-corrected chi connectivity index (χ4v) is 2.48. The quantitative estimate of drug-likeness (QED) is 0.801. The van der Waals surface area contributed by atoms with Gasteiger partial charge in [0.05, 0.1) is 0 Å². The first-order valence-electron chi connectivity index (χ1n) is 7.64. The highest BCUT2D eigenvalue weighted by molar-refractivity contribution is 5.85. The van der Waals surface area contributed by atoms with Gasteiger partial charge < -0.3 is 20.7 Å². The SMILES string of the molecule is Cl.NCCNC(=O)C1CCN(C(=O)COc2ccccc2)CC1. The second-order valence-electron chi connectivity index (χ2n) is 5.34. The van der Waals surface area contributed by atoms with E-state index in [9.17, 15) is 9.59 Å². The molecule has 2 rings (SSSR count). The van der Waals surface area contributed by atoms with Gasteiger partial charge in [-0.05, 0) is 25.0 Å². The molecule has 0 spiro atoms. The van der Waals surface area contributed by atoms with E-state index < -0.39 is 0 Å². The summed E-state index contributed by atoms with van der Waals surface area (Å²) in [4.78, 5) is 25.7. The molecule has 2 amide bonds. The molecule has 128 valence electrons. The van der Waals surface area contributed by atoms with Gasteiger partial charge in [0.2, 0.25) is 5.91 Å². The fourth-order valence-electron chi connectivity index (χ4n) is 2.48. The number of carbonyl (C=O) groups is 2. The first kappa shape index (κ1) is 19.3. The fraction of sp³-hybridized carbons (Fsp3) is 0.500. The number of nitrogens with zero attached hydrogens (tertiary/aromatic N) is 1. The average molecular weight is 342 g/mol.